The van der Waals surface area contributed by atoms with Gasteiger partial charge in [-0.15, -0.1) is 0 Å². The SMILES string of the molecule is [2H]C([2H])([2H])[CH2-].[I-].[Mg+2]. The van der Waals surface area contributed by atoms with Crippen molar-refractivity contribution in [3.05, 3.63) is 6.92 Å². The minimum atomic E-state index is -2.00. The monoisotopic (exact) mass is 183 g/mol. The van der Waals surface area contributed by atoms with Crippen molar-refractivity contribution in [2.75, 3.05) is 0 Å². The third-order valence-corrected chi connectivity index (χ3v) is 0. The Hall–Kier alpha value is 1.50. The number of hydrogen-bond acceptors (Lipinski definition) is 0. The zero-order chi connectivity index (χ0) is 4.50. The molecule has 0 aliphatic rings. The molecule has 0 saturated carbocycles. The summed E-state index contributed by atoms with van der Waals surface area (Å²) in [5.74, 6) is 0. The number of rotatable bonds is 0. The summed E-state index contributed by atoms with van der Waals surface area (Å²) in [6.45, 7) is 0.771. The molecule has 0 N–H and O–H groups in total. The van der Waals surface area contributed by atoms with E-state index in [0.717, 1.165) is 0 Å². The van der Waals surface area contributed by atoms with E-state index in [2.05, 4.69) is 6.92 Å². The van der Waals surface area contributed by atoms with Gasteiger partial charge in [0, 0.05) is 0 Å². The van der Waals surface area contributed by atoms with Crippen LogP contribution in [0.2, 0.25) is 0 Å². The molecule has 0 amide bonds. The van der Waals surface area contributed by atoms with Crippen molar-refractivity contribution in [2.45, 2.75) is 6.85 Å². The summed E-state index contributed by atoms with van der Waals surface area (Å²) in [6.07, 6.45) is 0. The van der Waals surface area contributed by atoms with Gasteiger partial charge in [0.2, 0.25) is 0 Å². The Balaban J connectivity index is -0.0000000800. The molecule has 0 aromatic heterocycles. The standard InChI is InChI=1S/C2H5.HI.Mg/c1-2;;/h1H2,2H3;1H;/q-1;;+2/p-1/i2D3;;. The van der Waals surface area contributed by atoms with Crippen LogP contribution in [-0.4, -0.2) is 23.1 Å². The summed E-state index contributed by atoms with van der Waals surface area (Å²) in [6, 6.07) is 0. The van der Waals surface area contributed by atoms with Crippen LogP contribution in [0.5, 0.6) is 0 Å². The van der Waals surface area contributed by atoms with Crippen LogP contribution >= 0.6 is 0 Å². The Morgan fingerprint density at radius 3 is 2.00 bits per heavy atom. The zero-order valence-electron chi connectivity index (χ0n) is 5.29. The van der Waals surface area contributed by atoms with Crippen molar-refractivity contribution >= 4 is 23.1 Å². The fourth-order valence-corrected chi connectivity index (χ4v) is 0. The smallest absolute Gasteiger partial charge is 1.00 e. The predicted octanol–water partition coefficient (Wildman–Crippen LogP) is -2.54. The Kier molecular flexibility index (Phi) is 22.6. The third-order valence-electron chi connectivity index (χ3n) is 0. The first-order valence-electron chi connectivity index (χ1n) is 1.85. The molecule has 0 aromatic rings. The van der Waals surface area contributed by atoms with Gasteiger partial charge in [-0.3, -0.25) is 0 Å². The second-order valence-corrected chi connectivity index (χ2v) is 0. The predicted molar refractivity (Wildman–Crippen MR) is 16.8 cm³/mol. The molecule has 0 rings (SSSR count). The Morgan fingerprint density at radius 1 is 2.00 bits per heavy atom. The van der Waals surface area contributed by atoms with Crippen LogP contribution in [0.3, 0.4) is 0 Å². The van der Waals surface area contributed by atoms with Gasteiger partial charge in [-0.2, -0.15) is 6.85 Å². The second kappa shape index (κ2) is 24.5. The van der Waals surface area contributed by atoms with Crippen LogP contribution in [0.1, 0.15) is 11.0 Å². The molecule has 0 aliphatic carbocycles. The summed E-state index contributed by atoms with van der Waals surface area (Å²) < 4.78 is 18.5. The number of hydrogen-bond donors (Lipinski definition) is 0. The van der Waals surface area contributed by atoms with Crippen molar-refractivity contribution < 1.29 is 28.1 Å². The van der Waals surface area contributed by atoms with Gasteiger partial charge in [-0.25, -0.2) is 0 Å². The van der Waals surface area contributed by atoms with Gasteiger partial charge in [-0.05, 0) is 4.11 Å². The van der Waals surface area contributed by atoms with Crippen LogP contribution in [0.4, 0.5) is 0 Å². The molecule has 0 fully saturated rings. The van der Waals surface area contributed by atoms with Crippen LogP contribution in [0.25, 0.3) is 0 Å². The van der Waals surface area contributed by atoms with Gasteiger partial charge in [0.1, 0.15) is 0 Å². The molecule has 22 valence electrons. The van der Waals surface area contributed by atoms with Crippen molar-refractivity contribution in [1.29, 1.82) is 0 Å². The van der Waals surface area contributed by atoms with Crippen LogP contribution < -0.4 is 24.0 Å². The average Bonchev–Trinajstić information content (AvgIpc) is 0.722. The maximum Gasteiger partial charge on any atom is 2.00 e. The molecule has 0 aliphatic heterocycles. The molecule has 0 bridgehead atoms. The Labute approximate surface area is 64.7 Å². The van der Waals surface area contributed by atoms with E-state index < -0.39 is 6.85 Å². The van der Waals surface area contributed by atoms with Crippen LogP contribution in [0, 0.1) is 6.92 Å². The summed E-state index contributed by atoms with van der Waals surface area (Å²) in [5.41, 5.74) is 0. The minimum absolute atomic E-state index is 0. The Bertz CT molecular complexity index is 28.4. The van der Waals surface area contributed by atoms with Crippen LogP contribution in [-0.2, 0) is 0 Å². The van der Waals surface area contributed by atoms with E-state index in [4.69, 9.17) is 4.11 Å². The zero-order valence-corrected chi connectivity index (χ0v) is 5.86. The summed E-state index contributed by atoms with van der Waals surface area (Å²) in [7, 11) is 0. The molecule has 2 heteroatoms. The van der Waals surface area contributed by atoms with Gasteiger partial charge < -0.3 is 30.9 Å². The van der Waals surface area contributed by atoms with E-state index in [1.807, 2.05) is 0 Å². The van der Waals surface area contributed by atoms with Gasteiger partial charge in [0.05, 0.1) is 0 Å². The molecule has 0 nitrogen and oxygen atoms in total. The van der Waals surface area contributed by atoms with E-state index in [1.165, 1.54) is 0 Å². The van der Waals surface area contributed by atoms with Gasteiger partial charge in [-0.1, -0.05) is 0 Å². The molecule has 0 aromatic carbocycles. The molecular weight excluding hydrogens is 175 g/mol. The molecule has 0 unspecified atom stereocenters. The third kappa shape index (κ3) is 9.73. The van der Waals surface area contributed by atoms with E-state index >= 15 is 0 Å². The van der Waals surface area contributed by atoms with Crippen molar-refractivity contribution in [3.63, 3.8) is 0 Å². The summed E-state index contributed by atoms with van der Waals surface area (Å²) in [5, 5.41) is 0. The average molecular weight is 183 g/mol. The minimum Gasteiger partial charge on any atom is -1.00 e. The maximum atomic E-state index is 6.16. The molecule has 0 heterocycles. The van der Waals surface area contributed by atoms with Crippen LogP contribution in [0.15, 0.2) is 0 Å². The first-order valence-corrected chi connectivity index (χ1v) is 0.354. The first kappa shape index (κ1) is 3.68. The van der Waals surface area contributed by atoms with E-state index in [0.29, 0.717) is 0 Å². The normalized spacial score (nSPS) is 15.8. The molecule has 0 radical (unpaired) electrons. The molecular formula is C2H5IMg. The van der Waals surface area contributed by atoms with E-state index in [-0.39, 0.29) is 47.0 Å². The van der Waals surface area contributed by atoms with Crippen molar-refractivity contribution in [3.8, 4) is 0 Å². The van der Waals surface area contributed by atoms with E-state index in [9.17, 15) is 0 Å². The van der Waals surface area contributed by atoms with Crippen molar-refractivity contribution in [1.82, 2.24) is 0 Å². The molecule has 0 atom stereocenters. The molecule has 0 saturated heterocycles. The van der Waals surface area contributed by atoms with E-state index in [1.54, 1.807) is 0 Å². The largest absolute Gasteiger partial charge is 2.00 e. The first-order chi connectivity index (χ1) is 2.00. The Morgan fingerprint density at radius 2 is 2.00 bits per heavy atom. The maximum absolute atomic E-state index is 6.16. The second-order valence-electron chi connectivity index (χ2n) is 0. The fraction of sp³-hybridized carbons (Fsp3) is 0.500. The van der Waals surface area contributed by atoms with Crippen molar-refractivity contribution in [2.24, 2.45) is 0 Å². The quantitative estimate of drug-likeness (QED) is 0.221. The fourth-order valence-electron chi connectivity index (χ4n) is 0. The summed E-state index contributed by atoms with van der Waals surface area (Å²) in [4.78, 5) is 0. The van der Waals surface area contributed by atoms with Gasteiger partial charge in [0.15, 0.2) is 0 Å². The summed E-state index contributed by atoms with van der Waals surface area (Å²) >= 11 is 0. The molecule has 0 spiro atoms. The molecule has 4 heavy (non-hydrogen) atoms. The topological polar surface area (TPSA) is 0 Å². The number of halogens is 1. The van der Waals surface area contributed by atoms with Gasteiger partial charge >= 0.3 is 23.1 Å². The van der Waals surface area contributed by atoms with Gasteiger partial charge in [0.25, 0.3) is 0 Å².